The summed E-state index contributed by atoms with van der Waals surface area (Å²) in [5.41, 5.74) is 0.463. The summed E-state index contributed by atoms with van der Waals surface area (Å²) in [7, 11) is 0. The summed E-state index contributed by atoms with van der Waals surface area (Å²) in [5.74, 6) is -0.468. The van der Waals surface area contributed by atoms with Gasteiger partial charge in [0.2, 0.25) is 0 Å². The minimum atomic E-state index is -1.91. The van der Waals surface area contributed by atoms with Crippen LogP contribution in [0.5, 0.6) is 0 Å². The summed E-state index contributed by atoms with van der Waals surface area (Å²) in [6.45, 7) is -0.823. The van der Waals surface area contributed by atoms with E-state index in [1.54, 1.807) is 0 Å². The summed E-state index contributed by atoms with van der Waals surface area (Å²) in [6.07, 6.45) is -8.65. The predicted octanol–water partition coefficient (Wildman–Crippen LogP) is 1.10. The van der Waals surface area contributed by atoms with E-state index in [4.69, 9.17) is 5.11 Å². The summed E-state index contributed by atoms with van der Waals surface area (Å²) < 4.78 is 15.4. The van der Waals surface area contributed by atoms with Gasteiger partial charge in [-0.05, 0) is 40.8 Å². The Kier molecular flexibility index (Phi) is 6.97. The zero-order valence-corrected chi connectivity index (χ0v) is 16.2. The fourth-order valence-corrected chi connectivity index (χ4v) is 4.23. The van der Waals surface area contributed by atoms with Crippen LogP contribution in [0.1, 0.15) is 22.1 Å². The molecule has 29 heavy (non-hydrogen) atoms. The van der Waals surface area contributed by atoms with Crippen molar-refractivity contribution in [2.45, 2.75) is 36.9 Å². The van der Waals surface area contributed by atoms with Gasteiger partial charge in [-0.1, -0.05) is 24.3 Å². The van der Waals surface area contributed by atoms with Gasteiger partial charge in [0.05, 0.1) is 6.61 Å². The van der Waals surface area contributed by atoms with E-state index in [0.717, 1.165) is 15.0 Å². The highest BCUT2D eigenvalue weighted by Gasteiger charge is 2.34. The Morgan fingerprint density at radius 1 is 0.862 bits per heavy atom. The van der Waals surface area contributed by atoms with Crippen LogP contribution in [0.15, 0.2) is 48.5 Å². The number of aliphatic hydroxyl groups is 6. The lowest BCUT2D eigenvalue weighted by Gasteiger charge is -2.28. The maximum atomic E-state index is 14.3. The van der Waals surface area contributed by atoms with E-state index in [0.29, 0.717) is 5.56 Å². The van der Waals surface area contributed by atoms with Crippen molar-refractivity contribution in [1.82, 2.24) is 0 Å². The molecule has 1 aromatic heterocycles. The van der Waals surface area contributed by atoms with Crippen LogP contribution >= 0.6 is 11.3 Å². The molecular weight excluding hydrogens is 399 g/mol. The summed E-state index contributed by atoms with van der Waals surface area (Å²) in [5, 5.41) is 59.5. The number of fused-ring (bicyclic) bond motifs is 1. The molecule has 0 spiro atoms. The molecule has 8 heteroatoms. The Balaban J connectivity index is 1.80. The molecule has 0 amide bonds. The van der Waals surface area contributed by atoms with Crippen molar-refractivity contribution in [1.29, 1.82) is 0 Å². The second-order valence-electron chi connectivity index (χ2n) is 6.94. The number of halogens is 1. The monoisotopic (exact) mass is 422 g/mol. The summed E-state index contributed by atoms with van der Waals surface area (Å²) in [6, 6.07) is 13.6. The number of thiophene rings is 1. The molecule has 6 N–H and O–H groups in total. The third-order valence-electron chi connectivity index (χ3n) is 4.86. The maximum Gasteiger partial charge on any atom is 0.126 e. The van der Waals surface area contributed by atoms with Gasteiger partial charge in [0.25, 0.3) is 0 Å². The van der Waals surface area contributed by atoms with Gasteiger partial charge < -0.3 is 30.6 Å². The van der Waals surface area contributed by atoms with E-state index in [1.165, 1.54) is 29.5 Å². The van der Waals surface area contributed by atoms with Crippen molar-refractivity contribution in [3.05, 3.63) is 70.4 Å². The van der Waals surface area contributed by atoms with Gasteiger partial charge in [0.1, 0.15) is 36.3 Å². The van der Waals surface area contributed by atoms with Gasteiger partial charge in [-0.25, -0.2) is 4.39 Å². The number of benzene rings is 2. The molecule has 0 fully saturated rings. The third kappa shape index (κ3) is 4.81. The number of rotatable bonds is 8. The normalized spacial score (nSPS) is 17.1. The molecule has 0 aliphatic carbocycles. The SMILES string of the molecule is OC[C@@H](O)[C@@H](O)[C@H](O)[C@@H](O)C(O)c1ccc(F)c(Cc2cc3ccccc3s2)c1. The Morgan fingerprint density at radius 2 is 1.59 bits per heavy atom. The van der Waals surface area contributed by atoms with Crippen molar-refractivity contribution in [2.24, 2.45) is 0 Å². The smallest absolute Gasteiger partial charge is 0.126 e. The Labute approximate surface area is 170 Å². The molecule has 0 saturated heterocycles. The second-order valence-corrected chi connectivity index (χ2v) is 8.11. The van der Waals surface area contributed by atoms with Gasteiger partial charge >= 0.3 is 0 Å². The molecule has 156 valence electrons. The molecule has 0 saturated carbocycles. The first-order valence-corrected chi connectivity index (χ1v) is 9.90. The van der Waals surface area contributed by atoms with Crippen LogP contribution < -0.4 is 0 Å². The molecule has 0 aliphatic rings. The fraction of sp³-hybridized carbons (Fsp3) is 0.333. The summed E-state index contributed by atoms with van der Waals surface area (Å²) >= 11 is 1.53. The molecule has 3 aromatic rings. The van der Waals surface area contributed by atoms with Crippen LogP contribution in [0.25, 0.3) is 10.1 Å². The van der Waals surface area contributed by atoms with Gasteiger partial charge in [-0.2, -0.15) is 0 Å². The van der Waals surface area contributed by atoms with Crippen molar-refractivity contribution in [2.75, 3.05) is 6.61 Å². The molecule has 0 aliphatic heterocycles. The average Bonchev–Trinajstić information content (AvgIpc) is 3.14. The topological polar surface area (TPSA) is 121 Å². The molecule has 0 bridgehead atoms. The first kappa shape index (κ1) is 21.8. The minimum Gasteiger partial charge on any atom is -0.394 e. The molecule has 1 heterocycles. The minimum absolute atomic E-state index is 0.153. The average molecular weight is 422 g/mol. The number of aliphatic hydroxyl groups excluding tert-OH is 6. The standard InChI is InChI=1S/C21H23FO6S/c22-15-6-5-12(18(25)20(27)21(28)19(26)16(24)10-23)7-13(15)9-14-8-11-3-1-2-4-17(11)29-14/h1-8,16,18-21,23-28H,9-10H2/t16-,18?,19-,20+,21+/m1/s1. The van der Waals surface area contributed by atoms with Crippen molar-refractivity contribution in [3.8, 4) is 0 Å². The van der Waals surface area contributed by atoms with Crippen LogP contribution in [0.4, 0.5) is 4.39 Å². The second kappa shape index (κ2) is 9.27. The Bertz CT molecular complexity index is 928. The van der Waals surface area contributed by atoms with Gasteiger partial charge in [0.15, 0.2) is 0 Å². The fourth-order valence-electron chi connectivity index (χ4n) is 3.15. The zero-order chi connectivity index (χ0) is 21.1. The van der Waals surface area contributed by atoms with Crippen molar-refractivity contribution < 1.29 is 35.0 Å². The Morgan fingerprint density at radius 3 is 2.28 bits per heavy atom. The van der Waals surface area contributed by atoms with Gasteiger partial charge in [-0.15, -0.1) is 11.3 Å². The van der Waals surface area contributed by atoms with Crippen molar-refractivity contribution >= 4 is 21.4 Å². The highest BCUT2D eigenvalue weighted by Crippen LogP contribution is 2.29. The quantitative estimate of drug-likeness (QED) is 0.323. The first-order valence-electron chi connectivity index (χ1n) is 9.08. The number of hydrogen-bond donors (Lipinski definition) is 6. The van der Waals surface area contributed by atoms with Crippen LogP contribution in [0.2, 0.25) is 0 Å². The third-order valence-corrected chi connectivity index (χ3v) is 5.97. The van der Waals surface area contributed by atoms with E-state index in [9.17, 15) is 29.9 Å². The lowest BCUT2D eigenvalue weighted by Crippen LogP contribution is -2.47. The van der Waals surface area contributed by atoms with Crippen LogP contribution in [0, 0.1) is 5.82 Å². The molecule has 2 aromatic carbocycles. The molecular formula is C21H23FO6S. The molecule has 5 atom stereocenters. The predicted molar refractivity (Wildman–Crippen MR) is 107 cm³/mol. The highest BCUT2D eigenvalue weighted by molar-refractivity contribution is 7.19. The summed E-state index contributed by atoms with van der Waals surface area (Å²) in [4.78, 5) is 0.929. The zero-order valence-electron chi connectivity index (χ0n) is 15.4. The Hall–Kier alpha value is -1.91. The molecule has 1 unspecified atom stereocenters. The molecule has 3 rings (SSSR count). The highest BCUT2D eigenvalue weighted by atomic mass is 32.1. The van der Waals surface area contributed by atoms with Crippen LogP contribution in [-0.4, -0.2) is 61.7 Å². The van der Waals surface area contributed by atoms with E-state index in [-0.39, 0.29) is 12.0 Å². The number of hydrogen-bond acceptors (Lipinski definition) is 7. The van der Waals surface area contributed by atoms with E-state index >= 15 is 0 Å². The lowest BCUT2D eigenvalue weighted by atomic mass is 9.94. The molecule has 0 radical (unpaired) electrons. The van der Waals surface area contributed by atoms with Crippen molar-refractivity contribution in [3.63, 3.8) is 0 Å². The van der Waals surface area contributed by atoms with Crippen LogP contribution in [0.3, 0.4) is 0 Å². The largest absolute Gasteiger partial charge is 0.394 e. The lowest BCUT2D eigenvalue weighted by molar-refractivity contribution is -0.141. The van der Waals surface area contributed by atoms with Gasteiger partial charge in [-0.3, -0.25) is 0 Å². The molecule has 6 nitrogen and oxygen atoms in total. The first-order chi connectivity index (χ1) is 13.8. The van der Waals surface area contributed by atoms with Crippen LogP contribution in [-0.2, 0) is 6.42 Å². The maximum absolute atomic E-state index is 14.3. The van der Waals surface area contributed by atoms with E-state index < -0.39 is 42.9 Å². The van der Waals surface area contributed by atoms with Gasteiger partial charge in [0, 0.05) is 16.0 Å². The van der Waals surface area contributed by atoms with E-state index in [2.05, 4.69) is 0 Å². The van der Waals surface area contributed by atoms with E-state index in [1.807, 2.05) is 30.3 Å².